The number of carbonyl (C=O) groups is 2. The summed E-state index contributed by atoms with van der Waals surface area (Å²) in [5.41, 5.74) is 3.63. The van der Waals surface area contributed by atoms with E-state index in [1.54, 1.807) is 19.2 Å². The number of benzene rings is 3. The van der Waals surface area contributed by atoms with E-state index in [-0.39, 0.29) is 18.0 Å². The zero-order valence-electron chi connectivity index (χ0n) is 21.3. The van der Waals surface area contributed by atoms with E-state index in [1.807, 2.05) is 62.4 Å². The van der Waals surface area contributed by atoms with E-state index in [2.05, 4.69) is 47.7 Å². The molecule has 1 saturated heterocycles. The van der Waals surface area contributed by atoms with E-state index in [9.17, 15) is 9.59 Å². The Balaban J connectivity index is 1.51. The lowest BCUT2D eigenvalue weighted by Gasteiger charge is -2.38. The highest BCUT2D eigenvalue weighted by atomic mass is 79.9. The van der Waals surface area contributed by atoms with Crippen LogP contribution in [0.2, 0.25) is 0 Å². The van der Waals surface area contributed by atoms with Crippen LogP contribution < -0.4 is 30.5 Å². The Kier molecular flexibility index (Phi) is 8.55. The zero-order valence-corrected chi connectivity index (χ0v) is 22.8. The van der Waals surface area contributed by atoms with Gasteiger partial charge in [0.15, 0.2) is 0 Å². The maximum Gasteiger partial charge on any atom is 0.323 e. The molecule has 0 unspecified atom stereocenters. The van der Waals surface area contributed by atoms with Gasteiger partial charge in [0.2, 0.25) is 0 Å². The molecule has 8 nitrogen and oxygen atoms in total. The minimum atomic E-state index is -0.389. The molecule has 0 bridgehead atoms. The van der Waals surface area contributed by atoms with Crippen molar-refractivity contribution >= 4 is 50.6 Å². The number of nitrogens with zero attached hydrogens (tertiary/aromatic N) is 2. The smallest absolute Gasteiger partial charge is 0.323 e. The number of ether oxygens (including phenoxy) is 1. The Morgan fingerprint density at radius 2 is 1.51 bits per heavy atom. The summed E-state index contributed by atoms with van der Waals surface area (Å²) in [5.74, 6) is 0.677. The molecule has 3 aromatic rings. The van der Waals surface area contributed by atoms with Gasteiger partial charge in [-0.15, -0.1) is 0 Å². The van der Waals surface area contributed by atoms with Crippen LogP contribution in [0.1, 0.15) is 24.2 Å². The van der Waals surface area contributed by atoms with Crippen LogP contribution in [0.5, 0.6) is 5.75 Å². The number of urea groups is 1. The molecule has 1 aliphatic heterocycles. The Bertz CT molecular complexity index is 1260. The van der Waals surface area contributed by atoms with Crippen LogP contribution in [0.3, 0.4) is 0 Å². The van der Waals surface area contributed by atoms with E-state index < -0.39 is 0 Å². The first-order chi connectivity index (χ1) is 17.9. The molecule has 1 aliphatic rings. The Morgan fingerprint density at radius 3 is 2.19 bits per heavy atom. The van der Waals surface area contributed by atoms with Crippen molar-refractivity contribution in [1.29, 1.82) is 0 Å². The first-order valence-corrected chi connectivity index (χ1v) is 13.1. The lowest BCUT2D eigenvalue weighted by Crippen LogP contribution is -2.47. The number of hydrogen-bond donors (Lipinski definition) is 3. The topological polar surface area (TPSA) is 85.9 Å². The monoisotopic (exact) mass is 565 g/mol. The molecule has 0 atom stereocenters. The average Bonchev–Trinajstić information content (AvgIpc) is 2.89. The predicted molar refractivity (Wildman–Crippen MR) is 153 cm³/mol. The van der Waals surface area contributed by atoms with Crippen molar-refractivity contribution in [2.24, 2.45) is 0 Å². The van der Waals surface area contributed by atoms with Crippen LogP contribution >= 0.6 is 15.9 Å². The summed E-state index contributed by atoms with van der Waals surface area (Å²) in [4.78, 5) is 30.3. The molecular weight excluding hydrogens is 534 g/mol. The summed E-state index contributed by atoms with van der Waals surface area (Å²) < 4.78 is 6.32. The minimum absolute atomic E-state index is 0.0157. The lowest BCUT2D eigenvalue weighted by molar-refractivity contribution is 0.0943. The van der Waals surface area contributed by atoms with Gasteiger partial charge in [-0.05, 0) is 72.2 Å². The molecule has 37 heavy (non-hydrogen) atoms. The van der Waals surface area contributed by atoms with E-state index in [0.717, 1.165) is 47.8 Å². The summed E-state index contributed by atoms with van der Waals surface area (Å²) >= 11 is 3.43. The highest BCUT2D eigenvalue weighted by molar-refractivity contribution is 9.10. The lowest BCUT2D eigenvalue weighted by atomic mass is 10.1. The molecule has 194 valence electrons. The van der Waals surface area contributed by atoms with Crippen LogP contribution in [0.25, 0.3) is 0 Å². The Morgan fingerprint density at radius 1 is 0.865 bits per heavy atom. The molecule has 9 heteroatoms. The second-order valence-electron chi connectivity index (χ2n) is 9.07. The summed E-state index contributed by atoms with van der Waals surface area (Å²) in [5, 5.41) is 8.66. The van der Waals surface area contributed by atoms with Crippen molar-refractivity contribution in [3.8, 4) is 5.75 Å². The molecular formula is C28H32BrN5O3. The predicted octanol–water partition coefficient (Wildman–Crippen LogP) is 5.57. The standard InChI is InChI=1S/C28H32BrN5O3/c1-19(2)30-27(35)21-18-20(31-28(36)32-23-9-5-4-8-22(23)29)12-13-24(21)33-14-16-34(17-15-33)25-10-6-7-11-26(25)37-3/h4-13,18-19H,14-17H2,1-3H3,(H,30,35)(H2,31,32,36). The highest BCUT2D eigenvalue weighted by Crippen LogP contribution is 2.31. The van der Waals surface area contributed by atoms with Crippen molar-refractivity contribution in [2.45, 2.75) is 19.9 Å². The normalized spacial score (nSPS) is 13.3. The van der Waals surface area contributed by atoms with Gasteiger partial charge in [0.05, 0.1) is 24.0 Å². The fourth-order valence-corrected chi connectivity index (χ4v) is 4.72. The molecule has 3 N–H and O–H groups in total. The summed E-state index contributed by atoms with van der Waals surface area (Å²) in [6.07, 6.45) is 0. The number of halogens is 1. The number of hydrogen-bond acceptors (Lipinski definition) is 5. The van der Waals surface area contributed by atoms with Gasteiger partial charge in [-0.2, -0.15) is 0 Å². The zero-order chi connectivity index (χ0) is 26.4. The van der Waals surface area contributed by atoms with E-state index in [4.69, 9.17) is 4.74 Å². The number of para-hydroxylation sites is 3. The number of anilines is 4. The SMILES string of the molecule is COc1ccccc1N1CCN(c2ccc(NC(=O)Nc3ccccc3Br)cc2C(=O)NC(C)C)CC1. The number of amides is 3. The molecule has 3 aromatic carbocycles. The van der Waals surface area contributed by atoms with Gasteiger partial charge in [0.25, 0.3) is 5.91 Å². The van der Waals surface area contributed by atoms with Gasteiger partial charge in [-0.25, -0.2) is 4.79 Å². The molecule has 0 spiro atoms. The van der Waals surface area contributed by atoms with Gasteiger partial charge >= 0.3 is 6.03 Å². The molecule has 4 rings (SSSR count). The molecule has 1 fully saturated rings. The Hall–Kier alpha value is -3.72. The molecule has 0 saturated carbocycles. The van der Waals surface area contributed by atoms with Gasteiger partial charge in [-0.3, -0.25) is 4.79 Å². The van der Waals surface area contributed by atoms with Crippen molar-refractivity contribution < 1.29 is 14.3 Å². The maximum absolute atomic E-state index is 13.2. The van der Waals surface area contributed by atoms with Crippen molar-refractivity contribution in [2.75, 3.05) is 53.7 Å². The minimum Gasteiger partial charge on any atom is -0.495 e. The summed E-state index contributed by atoms with van der Waals surface area (Å²) in [6.45, 7) is 6.93. The number of piperazine rings is 1. The van der Waals surface area contributed by atoms with Crippen LogP contribution in [-0.2, 0) is 0 Å². The molecule has 3 amide bonds. The van der Waals surface area contributed by atoms with Crippen LogP contribution in [0, 0.1) is 0 Å². The largest absolute Gasteiger partial charge is 0.495 e. The van der Waals surface area contributed by atoms with Crippen LogP contribution in [0.15, 0.2) is 71.2 Å². The van der Waals surface area contributed by atoms with Crippen molar-refractivity contribution in [3.05, 3.63) is 76.8 Å². The quantitative estimate of drug-likeness (QED) is 0.349. The van der Waals surface area contributed by atoms with Gasteiger partial charge in [0.1, 0.15) is 5.75 Å². The first-order valence-electron chi connectivity index (χ1n) is 12.3. The van der Waals surface area contributed by atoms with E-state index in [0.29, 0.717) is 16.9 Å². The fraction of sp³-hybridized carbons (Fsp3) is 0.286. The highest BCUT2D eigenvalue weighted by Gasteiger charge is 2.24. The van der Waals surface area contributed by atoms with Gasteiger partial charge in [-0.1, -0.05) is 24.3 Å². The van der Waals surface area contributed by atoms with Crippen molar-refractivity contribution in [1.82, 2.24) is 5.32 Å². The summed E-state index contributed by atoms with van der Waals surface area (Å²) in [6, 6.07) is 20.4. The third kappa shape index (κ3) is 6.54. The number of rotatable bonds is 7. The average molecular weight is 566 g/mol. The van der Waals surface area contributed by atoms with Crippen LogP contribution in [-0.4, -0.2) is 51.3 Å². The number of carbonyl (C=O) groups excluding carboxylic acids is 2. The molecule has 1 heterocycles. The second kappa shape index (κ2) is 12.0. The number of nitrogens with one attached hydrogen (secondary N) is 3. The molecule has 0 radical (unpaired) electrons. The molecule has 0 aromatic heterocycles. The second-order valence-corrected chi connectivity index (χ2v) is 9.92. The maximum atomic E-state index is 13.2. The van der Waals surface area contributed by atoms with Gasteiger partial charge in [0, 0.05) is 48.1 Å². The van der Waals surface area contributed by atoms with E-state index >= 15 is 0 Å². The molecule has 0 aliphatic carbocycles. The third-order valence-electron chi connectivity index (χ3n) is 6.09. The fourth-order valence-electron chi connectivity index (χ4n) is 4.34. The van der Waals surface area contributed by atoms with Crippen LogP contribution in [0.4, 0.5) is 27.5 Å². The Labute approximate surface area is 226 Å². The first kappa shape index (κ1) is 26.3. The van der Waals surface area contributed by atoms with Gasteiger partial charge < -0.3 is 30.5 Å². The van der Waals surface area contributed by atoms with Crippen molar-refractivity contribution in [3.63, 3.8) is 0 Å². The number of methoxy groups -OCH3 is 1. The summed E-state index contributed by atoms with van der Waals surface area (Å²) in [7, 11) is 1.68. The van der Waals surface area contributed by atoms with E-state index in [1.165, 1.54) is 0 Å². The third-order valence-corrected chi connectivity index (χ3v) is 6.78.